The van der Waals surface area contributed by atoms with Crippen LogP contribution in [0.4, 0.5) is 0 Å². The molecule has 142 valence electrons. The van der Waals surface area contributed by atoms with E-state index in [1.807, 2.05) is 6.07 Å². The lowest BCUT2D eigenvalue weighted by Gasteiger charge is -2.36. The van der Waals surface area contributed by atoms with E-state index in [2.05, 4.69) is 40.7 Å². The van der Waals surface area contributed by atoms with Crippen molar-refractivity contribution in [2.75, 3.05) is 0 Å². The van der Waals surface area contributed by atoms with Gasteiger partial charge in [0, 0.05) is 6.92 Å². The smallest absolute Gasteiger partial charge is 0.308 e. The third kappa shape index (κ3) is 3.67. The quantitative estimate of drug-likeness (QED) is 0.364. The molecule has 1 aliphatic heterocycles. The van der Waals surface area contributed by atoms with Crippen molar-refractivity contribution in [2.24, 2.45) is 5.41 Å². The predicted molar refractivity (Wildman–Crippen MR) is 106 cm³/mol. The van der Waals surface area contributed by atoms with Crippen LogP contribution in [0.1, 0.15) is 84.8 Å². The molecule has 0 saturated heterocycles. The Morgan fingerprint density at radius 2 is 1.88 bits per heavy atom. The number of unbranched alkanes of at least 4 members (excludes halogenated alkanes) is 2. The topological polar surface area (TPSA) is 35.5 Å². The van der Waals surface area contributed by atoms with E-state index in [0.717, 1.165) is 37.0 Å². The summed E-state index contributed by atoms with van der Waals surface area (Å²) in [6, 6.07) is 4.21. The predicted octanol–water partition coefficient (Wildman–Crippen LogP) is 6.09. The number of hydrogen-bond donors (Lipinski definition) is 0. The molecular weight excluding hydrogens is 324 g/mol. The van der Waals surface area contributed by atoms with Gasteiger partial charge in [0.1, 0.15) is 17.1 Å². The van der Waals surface area contributed by atoms with Crippen LogP contribution in [0.25, 0.3) is 5.57 Å². The number of carbonyl (C=O) groups is 1. The van der Waals surface area contributed by atoms with E-state index in [4.69, 9.17) is 9.47 Å². The highest BCUT2D eigenvalue weighted by Crippen LogP contribution is 2.56. The zero-order valence-corrected chi connectivity index (χ0v) is 17.1. The van der Waals surface area contributed by atoms with E-state index < -0.39 is 0 Å². The molecule has 0 saturated carbocycles. The summed E-state index contributed by atoms with van der Waals surface area (Å²) >= 11 is 0. The molecule has 1 aliphatic carbocycles. The zero-order valence-electron chi connectivity index (χ0n) is 17.1. The molecule has 26 heavy (non-hydrogen) atoms. The molecule has 1 aromatic carbocycles. The number of esters is 1. The van der Waals surface area contributed by atoms with E-state index in [1.54, 1.807) is 0 Å². The minimum atomic E-state index is -0.314. The summed E-state index contributed by atoms with van der Waals surface area (Å²) in [6.07, 6.45) is 6.53. The van der Waals surface area contributed by atoms with Gasteiger partial charge in [0.15, 0.2) is 0 Å². The fourth-order valence-corrected chi connectivity index (χ4v) is 4.37. The van der Waals surface area contributed by atoms with Crippen LogP contribution in [0.5, 0.6) is 11.5 Å². The van der Waals surface area contributed by atoms with Crippen LogP contribution in [-0.4, -0.2) is 11.6 Å². The average molecular weight is 357 g/mol. The summed E-state index contributed by atoms with van der Waals surface area (Å²) in [7, 11) is 0. The Morgan fingerprint density at radius 1 is 1.15 bits per heavy atom. The molecule has 0 bridgehead atoms. The second-order valence-electron chi connectivity index (χ2n) is 9.11. The van der Waals surface area contributed by atoms with Crippen molar-refractivity contribution in [1.82, 2.24) is 0 Å². The van der Waals surface area contributed by atoms with Gasteiger partial charge in [0.25, 0.3) is 0 Å². The Balaban J connectivity index is 2.09. The monoisotopic (exact) mass is 356 g/mol. The van der Waals surface area contributed by atoms with E-state index in [0.29, 0.717) is 5.75 Å². The second-order valence-corrected chi connectivity index (χ2v) is 9.11. The van der Waals surface area contributed by atoms with E-state index in [9.17, 15) is 4.79 Å². The van der Waals surface area contributed by atoms with Crippen LogP contribution in [0.3, 0.4) is 0 Å². The molecule has 3 rings (SSSR count). The van der Waals surface area contributed by atoms with Crippen LogP contribution in [0.15, 0.2) is 17.7 Å². The largest absolute Gasteiger partial charge is 0.483 e. The third-order valence-electron chi connectivity index (χ3n) is 5.52. The van der Waals surface area contributed by atoms with E-state index >= 15 is 0 Å². The van der Waals surface area contributed by atoms with Gasteiger partial charge in [0.05, 0.1) is 5.56 Å². The molecule has 0 atom stereocenters. The van der Waals surface area contributed by atoms with E-state index in [-0.39, 0.29) is 17.0 Å². The molecule has 3 nitrogen and oxygen atoms in total. The average Bonchev–Trinajstić information content (AvgIpc) is 2.82. The molecule has 0 unspecified atom stereocenters. The molecule has 0 aromatic heterocycles. The molecule has 0 radical (unpaired) electrons. The van der Waals surface area contributed by atoms with Crippen LogP contribution >= 0.6 is 0 Å². The number of aryl methyl sites for hydroxylation is 1. The zero-order chi connectivity index (χ0) is 19.1. The fourth-order valence-electron chi connectivity index (χ4n) is 4.37. The van der Waals surface area contributed by atoms with Crippen molar-refractivity contribution < 1.29 is 14.3 Å². The molecular formula is C23H32O3. The lowest BCUT2D eigenvalue weighted by atomic mass is 9.86. The molecule has 0 spiro atoms. The van der Waals surface area contributed by atoms with Crippen LogP contribution in [-0.2, 0) is 11.2 Å². The Morgan fingerprint density at radius 3 is 2.54 bits per heavy atom. The van der Waals surface area contributed by atoms with Crippen molar-refractivity contribution in [3.63, 3.8) is 0 Å². The fraction of sp³-hybridized carbons (Fsp3) is 0.609. The van der Waals surface area contributed by atoms with Crippen molar-refractivity contribution >= 4 is 11.5 Å². The standard InChI is InChI=1S/C23H32O3/c1-7-8-9-10-16-11-19(25-15(2)24)21-17-13-22(3,4)14-18(17)23(5,6)26-20(21)12-16/h11-12H,7-10,13-14H2,1-6H3. The summed E-state index contributed by atoms with van der Waals surface area (Å²) < 4.78 is 12.1. The van der Waals surface area contributed by atoms with Gasteiger partial charge < -0.3 is 9.47 Å². The Hall–Kier alpha value is -1.77. The molecule has 0 fully saturated rings. The first-order valence-corrected chi connectivity index (χ1v) is 9.90. The van der Waals surface area contributed by atoms with Crippen molar-refractivity contribution in [3.05, 3.63) is 28.8 Å². The highest BCUT2D eigenvalue weighted by Gasteiger charge is 2.44. The first-order valence-electron chi connectivity index (χ1n) is 9.90. The molecule has 3 heteroatoms. The van der Waals surface area contributed by atoms with E-state index in [1.165, 1.54) is 36.5 Å². The Kier molecular flexibility index (Phi) is 4.94. The first-order chi connectivity index (χ1) is 12.1. The summed E-state index contributed by atoms with van der Waals surface area (Å²) in [5, 5.41) is 0. The van der Waals surface area contributed by atoms with Gasteiger partial charge in [-0.25, -0.2) is 0 Å². The van der Waals surface area contributed by atoms with Gasteiger partial charge in [-0.05, 0) is 73.8 Å². The molecule has 1 heterocycles. The maximum atomic E-state index is 11.7. The Bertz CT molecular complexity index is 753. The molecule has 2 aliphatic rings. The van der Waals surface area contributed by atoms with Crippen LogP contribution in [0.2, 0.25) is 0 Å². The maximum absolute atomic E-state index is 11.7. The van der Waals surface area contributed by atoms with Gasteiger partial charge in [-0.1, -0.05) is 33.6 Å². The molecule has 1 aromatic rings. The maximum Gasteiger partial charge on any atom is 0.308 e. The van der Waals surface area contributed by atoms with Crippen LogP contribution < -0.4 is 9.47 Å². The van der Waals surface area contributed by atoms with Gasteiger partial charge in [0.2, 0.25) is 0 Å². The normalized spacial score (nSPS) is 19.6. The number of carbonyl (C=O) groups excluding carboxylic acids is 1. The third-order valence-corrected chi connectivity index (χ3v) is 5.52. The number of ether oxygens (including phenoxy) is 2. The SMILES string of the molecule is CCCCCc1cc(OC(C)=O)c2c(c1)OC(C)(C)C1=C2CC(C)(C)C1. The van der Waals surface area contributed by atoms with Gasteiger partial charge in [-0.2, -0.15) is 0 Å². The summed E-state index contributed by atoms with van der Waals surface area (Å²) in [4.78, 5) is 11.7. The number of rotatable bonds is 5. The number of allylic oxidation sites excluding steroid dienone is 1. The lowest BCUT2D eigenvalue weighted by molar-refractivity contribution is -0.131. The first kappa shape index (κ1) is 19.0. The number of hydrogen-bond acceptors (Lipinski definition) is 3. The minimum Gasteiger partial charge on any atom is -0.483 e. The number of benzene rings is 1. The van der Waals surface area contributed by atoms with Crippen LogP contribution in [0, 0.1) is 5.41 Å². The Labute approximate surface area is 157 Å². The highest BCUT2D eigenvalue weighted by atomic mass is 16.5. The van der Waals surface area contributed by atoms with Crippen molar-refractivity contribution in [3.8, 4) is 11.5 Å². The summed E-state index contributed by atoms with van der Waals surface area (Å²) in [5.41, 5.74) is 4.75. The van der Waals surface area contributed by atoms with Gasteiger partial charge in [-0.15, -0.1) is 0 Å². The summed E-state index contributed by atoms with van der Waals surface area (Å²) in [6.45, 7) is 12.6. The molecule has 0 amide bonds. The number of fused-ring (bicyclic) bond motifs is 2. The molecule has 0 N–H and O–H groups in total. The van der Waals surface area contributed by atoms with Crippen molar-refractivity contribution in [1.29, 1.82) is 0 Å². The lowest BCUT2D eigenvalue weighted by Crippen LogP contribution is -2.34. The highest BCUT2D eigenvalue weighted by molar-refractivity contribution is 5.84. The minimum absolute atomic E-state index is 0.209. The second kappa shape index (κ2) is 6.75. The van der Waals surface area contributed by atoms with Gasteiger partial charge >= 0.3 is 5.97 Å². The summed E-state index contributed by atoms with van der Waals surface area (Å²) in [5.74, 6) is 1.26. The van der Waals surface area contributed by atoms with Gasteiger partial charge in [-0.3, -0.25) is 4.79 Å². The van der Waals surface area contributed by atoms with Crippen molar-refractivity contribution in [2.45, 2.75) is 85.7 Å².